The van der Waals surface area contributed by atoms with Gasteiger partial charge in [0.05, 0.1) is 0 Å². The van der Waals surface area contributed by atoms with Crippen molar-refractivity contribution in [3.63, 3.8) is 0 Å². The van der Waals surface area contributed by atoms with Crippen LogP contribution in [0.15, 0.2) is 22.7 Å². The van der Waals surface area contributed by atoms with E-state index >= 15 is 0 Å². The maximum Gasteiger partial charge on any atom is 0.111 e. The lowest BCUT2D eigenvalue weighted by Gasteiger charge is -2.24. The number of benzene rings is 1. The maximum atomic E-state index is 6.03. The number of hydrogen-bond acceptors (Lipinski definition) is 2. The molecule has 0 saturated heterocycles. The van der Waals surface area contributed by atoms with Crippen molar-refractivity contribution >= 4 is 27.5 Å². The van der Waals surface area contributed by atoms with E-state index in [0.717, 1.165) is 10.0 Å². The van der Waals surface area contributed by atoms with Crippen molar-refractivity contribution in [1.82, 2.24) is 0 Å². The Morgan fingerprint density at radius 1 is 1.46 bits per heavy atom. The molecule has 0 saturated carbocycles. The first kappa shape index (κ1) is 11.0. The van der Waals surface area contributed by atoms with Gasteiger partial charge in [-0.2, -0.15) is 0 Å². The van der Waals surface area contributed by atoms with E-state index < -0.39 is 5.60 Å². The lowest BCUT2D eigenvalue weighted by atomic mass is 9.98. The summed E-state index contributed by atoms with van der Waals surface area (Å²) >= 11 is 9.43. The van der Waals surface area contributed by atoms with E-state index in [1.54, 1.807) is 0 Å². The van der Waals surface area contributed by atoms with E-state index in [0.29, 0.717) is 5.02 Å². The van der Waals surface area contributed by atoms with Crippen LogP contribution in [0.25, 0.3) is 0 Å². The van der Waals surface area contributed by atoms with Crippen LogP contribution in [0.1, 0.15) is 19.4 Å². The molecule has 0 unspecified atom stereocenters. The summed E-state index contributed by atoms with van der Waals surface area (Å²) in [5, 5.41) is 0.643. The van der Waals surface area contributed by atoms with Gasteiger partial charge in [-0.15, -0.1) is 0 Å². The highest BCUT2D eigenvalue weighted by molar-refractivity contribution is 9.10. The Balaban J connectivity index is 3.28. The van der Waals surface area contributed by atoms with E-state index in [1.165, 1.54) is 0 Å². The van der Waals surface area contributed by atoms with Crippen molar-refractivity contribution in [2.75, 3.05) is 0 Å². The minimum absolute atomic E-state index is 0.586. The molecule has 1 rings (SSSR count). The predicted molar refractivity (Wildman–Crippen MR) is 57.5 cm³/mol. The van der Waals surface area contributed by atoms with Crippen LogP contribution in [0.5, 0.6) is 0 Å². The van der Waals surface area contributed by atoms with Crippen LogP contribution in [0, 0.1) is 0 Å². The number of rotatable bonds is 2. The molecule has 0 radical (unpaired) electrons. The lowest BCUT2D eigenvalue weighted by molar-refractivity contribution is -0.0240. The van der Waals surface area contributed by atoms with E-state index in [-0.39, 0.29) is 0 Å². The Kier molecular flexibility index (Phi) is 3.35. The van der Waals surface area contributed by atoms with Gasteiger partial charge in [0.1, 0.15) is 5.60 Å². The SMILES string of the molecule is CC(C)(ON)c1c(Cl)cccc1Br. The molecule has 0 atom stereocenters. The first-order valence-electron chi connectivity index (χ1n) is 3.81. The average Bonchev–Trinajstić information content (AvgIpc) is 2.03. The van der Waals surface area contributed by atoms with E-state index in [1.807, 2.05) is 32.0 Å². The molecule has 0 aliphatic rings. The molecular formula is C9H11BrClNO. The first-order chi connectivity index (χ1) is 5.99. The molecular weight excluding hydrogens is 253 g/mol. The van der Waals surface area contributed by atoms with Gasteiger partial charge in [-0.3, -0.25) is 4.84 Å². The standard InChI is InChI=1S/C9H11BrClNO/c1-9(2,13-12)8-6(10)4-3-5-7(8)11/h3-5H,12H2,1-2H3. The van der Waals surface area contributed by atoms with Crippen LogP contribution in [0.4, 0.5) is 0 Å². The molecule has 0 spiro atoms. The fraction of sp³-hybridized carbons (Fsp3) is 0.333. The van der Waals surface area contributed by atoms with Crippen molar-refractivity contribution < 1.29 is 4.84 Å². The van der Waals surface area contributed by atoms with Gasteiger partial charge in [0, 0.05) is 15.1 Å². The molecule has 0 bridgehead atoms. The highest BCUT2D eigenvalue weighted by Gasteiger charge is 2.25. The van der Waals surface area contributed by atoms with Gasteiger partial charge in [-0.1, -0.05) is 33.6 Å². The summed E-state index contributed by atoms with van der Waals surface area (Å²) in [6.07, 6.45) is 0. The van der Waals surface area contributed by atoms with Crippen LogP contribution < -0.4 is 5.90 Å². The van der Waals surface area contributed by atoms with Crippen molar-refractivity contribution in [3.8, 4) is 0 Å². The normalized spacial score (nSPS) is 11.8. The Hall–Kier alpha value is -0.0900. The minimum Gasteiger partial charge on any atom is -0.294 e. The van der Waals surface area contributed by atoms with Crippen molar-refractivity contribution in [2.24, 2.45) is 5.90 Å². The summed E-state index contributed by atoms with van der Waals surface area (Å²) in [7, 11) is 0. The van der Waals surface area contributed by atoms with Crippen LogP contribution in [-0.4, -0.2) is 0 Å². The Bertz CT molecular complexity index is 294. The lowest BCUT2D eigenvalue weighted by Crippen LogP contribution is -2.26. The molecule has 1 aromatic rings. The van der Waals surface area contributed by atoms with Crippen LogP contribution in [0.2, 0.25) is 5.02 Å². The monoisotopic (exact) mass is 263 g/mol. The third-order valence-electron chi connectivity index (χ3n) is 1.86. The molecule has 0 heterocycles. The van der Waals surface area contributed by atoms with Gasteiger partial charge in [0.2, 0.25) is 0 Å². The van der Waals surface area contributed by atoms with Gasteiger partial charge in [0.15, 0.2) is 0 Å². The van der Waals surface area contributed by atoms with Gasteiger partial charge in [-0.25, -0.2) is 5.90 Å². The van der Waals surface area contributed by atoms with Gasteiger partial charge in [0.25, 0.3) is 0 Å². The molecule has 72 valence electrons. The summed E-state index contributed by atoms with van der Waals surface area (Å²) in [5.41, 5.74) is 0.274. The third kappa shape index (κ3) is 2.23. The van der Waals surface area contributed by atoms with Gasteiger partial charge in [-0.05, 0) is 26.0 Å². The van der Waals surface area contributed by atoms with Crippen molar-refractivity contribution in [2.45, 2.75) is 19.4 Å². The average molecular weight is 265 g/mol. The molecule has 0 aliphatic heterocycles. The molecule has 2 N–H and O–H groups in total. The molecule has 13 heavy (non-hydrogen) atoms. The first-order valence-corrected chi connectivity index (χ1v) is 4.98. The second-order valence-corrected chi connectivity index (χ2v) is 4.49. The molecule has 0 aromatic heterocycles. The smallest absolute Gasteiger partial charge is 0.111 e. The predicted octanol–water partition coefficient (Wildman–Crippen LogP) is 3.23. The molecule has 0 fully saturated rings. The van der Waals surface area contributed by atoms with Crippen molar-refractivity contribution in [3.05, 3.63) is 33.3 Å². The Morgan fingerprint density at radius 2 is 2.08 bits per heavy atom. The van der Waals surface area contributed by atoms with Gasteiger partial charge < -0.3 is 0 Å². The Morgan fingerprint density at radius 3 is 2.54 bits per heavy atom. The highest BCUT2D eigenvalue weighted by Crippen LogP contribution is 2.35. The zero-order chi connectivity index (χ0) is 10.1. The maximum absolute atomic E-state index is 6.03. The molecule has 4 heteroatoms. The summed E-state index contributed by atoms with van der Waals surface area (Å²) in [6, 6.07) is 5.58. The van der Waals surface area contributed by atoms with E-state index in [2.05, 4.69) is 15.9 Å². The fourth-order valence-electron chi connectivity index (χ4n) is 1.13. The fourth-order valence-corrected chi connectivity index (χ4v) is 2.49. The number of halogens is 2. The highest BCUT2D eigenvalue weighted by atomic mass is 79.9. The topological polar surface area (TPSA) is 35.2 Å². The summed E-state index contributed by atoms with van der Waals surface area (Å²) in [5.74, 6) is 5.20. The largest absolute Gasteiger partial charge is 0.294 e. The summed E-state index contributed by atoms with van der Waals surface area (Å²) in [4.78, 5) is 4.87. The summed E-state index contributed by atoms with van der Waals surface area (Å²) in [6.45, 7) is 3.72. The summed E-state index contributed by atoms with van der Waals surface area (Å²) < 4.78 is 0.899. The van der Waals surface area contributed by atoms with E-state index in [4.69, 9.17) is 22.3 Å². The molecule has 2 nitrogen and oxygen atoms in total. The molecule has 0 amide bonds. The van der Waals surface area contributed by atoms with Crippen molar-refractivity contribution in [1.29, 1.82) is 0 Å². The van der Waals surface area contributed by atoms with E-state index in [9.17, 15) is 0 Å². The second-order valence-electron chi connectivity index (χ2n) is 3.22. The zero-order valence-electron chi connectivity index (χ0n) is 7.47. The molecule has 0 aliphatic carbocycles. The number of hydrogen-bond donors (Lipinski definition) is 1. The zero-order valence-corrected chi connectivity index (χ0v) is 9.82. The number of nitrogens with two attached hydrogens (primary N) is 1. The second kappa shape index (κ2) is 3.96. The molecule has 1 aromatic carbocycles. The Labute approximate surface area is 91.1 Å². The van der Waals surface area contributed by atoms with Crippen LogP contribution in [-0.2, 0) is 10.4 Å². The third-order valence-corrected chi connectivity index (χ3v) is 2.84. The minimum atomic E-state index is -0.586. The van der Waals surface area contributed by atoms with Crippen LogP contribution in [0.3, 0.4) is 0 Å². The van der Waals surface area contributed by atoms with Gasteiger partial charge >= 0.3 is 0 Å². The van der Waals surface area contributed by atoms with Crippen LogP contribution >= 0.6 is 27.5 Å². The quantitative estimate of drug-likeness (QED) is 0.833.